The molecule has 1 atom stereocenters. The van der Waals surface area contributed by atoms with Gasteiger partial charge in [-0.1, -0.05) is 82.5 Å². The molecule has 0 saturated heterocycles. The summed E-state index contributed by atoms with van der Waals surface area (Å²) in [7, 11) is 0. The zero-order valence-corrected chi connectivity index (χ0v) is 14.8. The van der Waals surface area contributed by atoms with Gasteiger partial charge in [0.15, 0.2) is 0 Å². The first-order valence-corrected chi connectivity index (χ1v) is 8.53. The molecule has 0 aliphatic heterocycles. The molecule has 0 fully saturated rings. The van der Waals surface area contributed by atoms with Gasteiger partial charge in [-0.05, 0) is 31.2 Å². The van der Waals surface area contributed by atoms with Crippen LogP contribution in [0, 0.1) is 6.92 Å². The van der Waals surface area contributed by atoms with Crippen LogP contribution < -0.4 is 5.32 Å². The van der Waals surface area contributed by atoms with E-state index in [1.807, 2.05) is 37.3 Å². The minimum Gasteiger partial charge on any atom is -0.336 e. The molecule has 22 heavy (non-hydrogen) atoms. The molecule has 0 heterocycles. The molecule has 1 N–H and O–H groups in total. The van der Waals surface area contributed by atoms with Crippen LogP contribution in [0.2, 0.25) is 0 Å². The highest BCUT2D eigenvalue weighted by Crippen LogP contribution is 2.39. The van der Waals surface area contributed by atoms with Crippen molar-refractivity contribution in [3.05, 3.63) is 65.7 Å². The van der Waals surface area contributed by atoms with Crippen molar-refractivity contribution in [3.63, 3.8) is 0 Å². The van der Waals surface area contributed by atoms with Gasteiger partial charge in [-0.25, -0.2) is 0 Å². The Morgan fingerprint density at radius 3 is 2.18 bits per heavy atom. The maximum Gasteiger partial charge on any atom is 0.252 e. The van der Waals surface area contributed by atoms with Gasteiger partial charge in [0.2, 0.25) is 3.79 Å². The lowest BCUT2D eigenvalue weighted by molar-refractivity contribution is 0.0950. The Bertz CT molecular complexity index is 626. The van der Waals surface area contributed by atoms with E-state index >= 15 is 0 Å². The van der Waals surface area contributed by atoms with Gasteiger partial charge in [-0.2, -0.15) is 0 Å². The Morgan fingerprint density at radius 2 is 1.64 bits per heavy atom. The monoisotopic (exact) mass is 373 g/mol. The number of rotatable bonds is 4. The van der Waals surface area contributed by atoms with E-state index in [9.17, 15) is 4.79 Å². The van der Waals surface area contributed by atoms with Crippen LogP contribution >= 0.6 is 46.6 Å². The highest BCUT2D eigenvalue weighted by atomic mass is 35.6. The standard InChI is InChI=1S/C16H14Cl3NOS/c1-11-7-9-13(10-8-11)22-15(16(17,18)19)20-14(21)12-5-3-2-4-6-12/h2-10,15H,1H3,(H,20,21)/t15-/m0/s1. The predicted octanol–water partition coefficient (Wildman–Crippen LogP) is 5.21. The van der Waals surface area contributed by atoms with Gasteiger partial charge in [0.25, 0.3) is 5.91 Å². The average molecular weight is 375 g/mol. The zero-order valence-electron chi connectivity index (χ0n) is 11.7. The SMILES string of the molecule is Cc1ccc(S[C@H](NC(=O)c2ccccc2)C(Cl)(Cl)Cl)cc1. The Kier molecular flexibility index (Phi) is 6.04. The van der Waals surface area contributed by atoms with E-state index in [0.717, 1.165) is 10.5 Å². The minimum atomic E-state index is -1.63. The first-order chi connectivity index (χ1) is 10.4. The number of hydrogen-bond donors (Lipinski definition) is 1. The second-order valence-electron chi connectivity index (χ2n) is 4.69. The maximum atomic E-state index is 12.2. The van der Waals surface area contributed by atoms with Crippen LogP contribution in [0.15, 0.2) is 59.5 Å². The van der Waals surface area contributed by atoms with Crippen molar-refractivity contribution >= 4 is 52.5 Å². The van der Waals surface area contributed by atoms with Crippen molar-refractivity contribution < 1.29 is 4.79 Å². The fourth-order valence-electron chi connectivity index (χ4n) is 1.72. The van der Waals surface area contributed by atoms with Gasteiger partial charge in [0.05, 0.1) is 0 Å². The maximum absolute atomic E-state index is 12.2. The molecule has 0 unspecified atom stereocenters. The fraction of sp³-hybridized carbons (Fsp3) is 0.188. The van der Waals surface area contributed by atoms with Crippen LogP contribution in [0.5, 0.6) is 0 Å². The Hall–Kier alpha value is -0.870. The number of nitrogens with one attached hydrogen (secondary N) is 1. The summed E-state index contributed by atoms with van der Waals surface area (Å²) in [6.07, 6.45) is 0. The van der Waals surface area contributed by atoms with E-state index in [2.05, 4.69) is 5.32 Å². The number of carbonyl (C=O) groups excluding carboxylic acids is 1. The average Bonchev–Trinajstić information content (AvgIpc) is 2.48. The summed E-state index contributed by atoms with van der Waals surface area (Å²) in [6, 6.07) is 16.6. The normalized spacial score (nSPS) is 12.7. The molecule has 0 saturated carbocycles. The van der Waals surface area contributed by atoms with E-state index in [4.69, 9.17) is 34.8 Å². The van der Waals surface area contributed by atoms with Crippen LogP contribution in [-0.4, -0.2) is 15.1 Å². The number of aryl methyl sites for hydroxylation is 1. The number of benzene rings is 2. The molecular formula is C16H14Cl3NOS. The first kappa shape index (κ1) is 17.5. The number of halogens is 3. The summed E-state index contributed by atoms with van der Waals surface area (Å²) >= 11 is 19.3. The lowest BCUT2D eigenvalue weighted by Gasteiger charge is -2.25. The van der Waals surface area contributed by atoms with Crippen molar-refractivity contribution in [2.45, 2.75) is 21.0 Å². The van der Waals surface area contributed by atoms with Gasteiger partial charge in [-0.3, -0.25) is 4.79 Å². The molecular weight excluding hydrogens is 361 g/mol. The highest BCUT2D eigenvalue weighted by molar-refractivity contribution is 8.00. The number of amides is 1. The van der Waals surface area contributed by atoms with E-state index in [0.29, 0.717) is 5.56 Å². The Morgan fingerprint density at radius 1 is 1.05 bits per heavy atom. The minimum absolute atomic E-state index is 0.281. The molecule has 2 aromatic carbocycles. The molecule has 0 radical (unpaired) electrons. The van der Waals surface area contributed by atoms with Crippen LogP contribution in [0.4, 0.5) is 0 Å². The summed E-state index contributed by atoms with van der Waals surface area (Å²) in [5, 5.41) is 2.06. The van der Waals surface area contributed by atoms with Gasteiger partial charge in [0.1, 0.15) is 5.37 Å². The molecule has 0 spiro atoms. The largest absolute Gasteiger partial charge is 0.336 e. The molecule has 1 amide bonds. The molecule has 2 nitrogen and oxygen atoms in total. The van der Waals surface area contributed by atoms with Gasteiger partial charge < -0.3 is 5.32 Å². The van der Waals surface area contributed by atoms with E-state index in [-0.39, 0.29) is 5.91 Å². The van der Waals surface area contributed by atoms with Gasteiger partial charge >= 0.3 is 0 Å². The Labute approximate surface area is 149 Å². The predicted molar refractivity (Wildman–Crippen MR) is 95.0 cm³/mol. The zero-order chi connectivity index (χ0) is 16.2. The number of hydrogen-bond acceptors (Lipinski definition) is 2. The molecule has 6 heteroatoms. The third kappa shape index (κ3) is 5.10. The molecule has 0 bridgehead atoms. The Balaban J connectivity index is 2.13. The van der Waals surface area contributed by atoms with Crippen molar-refractivity contribution in [3.8, 4) is 0 Å². The van der Waals surface area contributed by atoms with Crippen molar-refractivity contribution in [2.24, 2.45) is 0 Å². The van der Waals surface area contributed by atoms with Crippen LogP contribution in [0.3, 0.4) is 0 Å². The third-order valence-electron chi connectivity index (χ3n) is 2.87. The first-order valence-electron chi connectivity index (χ1n) is 6.52. The van der Waals surface area contributed by atoms with E-state index in [1.54, 1.807) is 24.3 Å². The molecule has 0 aliphatic carbocycles. The third-order valence-corrected chi connectivity index (χ3v) is 5.16. The summed E-state index contributed by atoms with van der Waals surface area (Å²) in [4.78, 5) is 13.2. The molecule has 0 aromatic heterocycles. The van der Waals surface area contributed by atoms with Gasteiger partial charge in [0, 0.05) is 10.5 Å². The van der Waals surface area contributed by atoms with Crippen LogP contribution in [0.1, 0.15) is 15.9 Å². The number of carbonyl (C=O) groups is 1. The lowest BCUT2D eigenvalue weighted by atomic mass is 10.2. The summed E-state index contributed by atoms with van der Waals surface area (Å²) in [5.41, 5.74) is 1.66. The molecule has 116 valence electrons. The van der Waals surface area contributed by atoms with Crippen molar-refractivity contribution in [1.82, 2.24) is 5.32 Å². The molecule has 2 rings (SSSR count). The highest BCUT2D eigenvalue weighted by Gasteiger charge is 2.35. The molecule has 0 aliphatic rings. The molecule has 2 aromatic rings. The number of thioether (sulfide) groups is 1. The van der Waals surface area contributed by atoms with E-state index < -0.39 is 9.17 Å². The topological polar surface area (TPSA) is 29.1 Å². The smallest absolute Gasteiger partial charge is 0.252 e. The second kappa shape index (κ2) is 7.60. The second-order valence-corrected chi connectivity index (χ2v) is 8.24. The van der Waals surface area contributed by atoms with Crippen molar-refractivity contribution in [2.75, 3.05) is 0 Å². The summed E-state index contributed by atoms with van der Waals surface area (Å²) < 4.78 is -1.63. The summed E-state index contributed by atoms with van der Waals surface area (Å²) in [5.74, 6) is -0.281. The van der Waals surface area contributed by atoms with Crippen molar-refractivity contribution in [1.29, 1.82) is 0 Å². The quantitative estimate of drug-likeness (QED) is 0.452. The number of alkyl halides is 3. The van der Waals surface area contributed by atoms with Crippen LogP contribution in [0.25, 0.3) is 0 Å². The van der Waals surface area contributed by atoms with Crippen LogP contribution in [-0.2, 0) is 0 Å². The summed E-state index contributed by atoms with van der Waals surface area (Å²) in [6.45, 7) is 2.00. The van der Waals surface area contributed by atoms with Gasteiger partial charge in [-0.15, -0.1) is 0 Å². The lowest BCUT2D eigenvalue weighted by Crippen LogP contribution is -2.41. The fourth-order valence-corrected chi connectivity index (χ4v) is 3.15. The van der Waals surface area contributed by atoms with E-state index in [1.165, 1.54) is 11.8 Å².